The predicted molar refractivity (Wildman–Crippen MR) is 46.8 cm³/mol. The molecule has 0 spiro atoms. The lowest BCUT2D eigenvalue weighted by Gasteiger charge is -2.12. The molecule has 0 aromatic heterocycles. The maximum absolute atomic E-state index is 5.67. The van der Waals surface area contributed by atoms with Crippen molar-refractivity contribution in [3.63, 3.8) is 0 Å². The Kier molecular flexibility index (Phi) is 3.87. The minimum Gasteiger partial charge on any atom is -0.377 e. The monoisotopic (exact) mass is 157 g/mol. The summed E-state index contributed by atoms with van der Waals surface area (Å²) in [6, 6.07) is 0. The van der Waals surface area contributed by atoms with Gasteiger partial charge < -0.3 is 9.64 Å². The third-order valence-corrected chi connectivity index (χ3v) is 2.27. The Morgan fingerprint density at radius 1 is 1.45 bits per heavy atom. The summed E-state index contributed by atoms with van der Waals surface area (Å²) < 4.78 is 5.67. The minimum absolute atomic E-state index is 0.532. The molecule has 1 rings (SSSR count). The Bertz CT molecular complexity index is 106. The number of hydrogen-bond acceptors (Lipinski definition) is 2. The normalized spacial score (nSPS) is 28.4. The van der Waals surface area contributed by atoms with E-state index in [0.29, 0.717) is 6.10 Å². The first-order chi connectivity index (χ1) is 5.33. The maximum Gasteiger partial charge on any atom is 0.0597 e. The van der Waals surface area contributed by atoms with Crippen molar-refractivity contribution in [1.82, 2.24) is 4.90 Å². The molecule has 0 N–H and O–H groups in total. The molecule has 1 fully saturated rings. The summed E-state index contributed by atoms with van der Waals surface area (Å²) in [6.45, 7) is 5.43. The van der Waals surface area contributed by atoms with E-state index < -0.39 is 0 Å². The highest BCUT2D eigenvalue weighted by atomic mass is 16.5. The largest absolute Gasteiger partial charge is 0.377 e. The molecule has 1 heterocycles. The van der Waals surface area contributed by atoms with Crippen molar-refractivity contribution in [3.05, 3.63) is 0 Å². The van der Waals surface area contributed by atoms with Crippen molar-refractivity contribution in [2.45, 2.75) is 32.3 Å². The van der Waals surface area contributed by atoms with Gasteiger partial charge in [-0.15, -0.1) is 0 Å². The van der Waals surface area contributed by atoms with Gasteiger partial charge in [-0.1, -0.05) is 13.3 Å². The van der Waals surface area contributed by atoms with Crippen LogP contribution in [-0.4, -0.2) is 37.7 Å². The van der Waals surface area contributed by atoms with Crippen molar-refractivity contribution in [1.29, 1.82) is 0 Å². The highest BCUT2D eigenvalue weighted by Crippen LogP contribution is 2.10. The van der Waals surface area contributed by atoms with Crippen molar-refractivity contribution >= 4 is 0 Å². The number of ether oxygens (including phenoxy) is 1. The second-order valence-electron chi connectivity index (χ2n) is 3.37. The van der Waals surface area contributed by atoms with Gasteiger partial charge >= 0.3 is 0 Å². The molecule has 0 radical (unpaired) electrons. The summed E-state index contributed by atoms with van der Waals surface area (Å²) >= 11 is 0. The van der Waals surface area contributed by atoms with Gasteiger partial charge in [-0.05, 0) is 19.9 Å². The molecule has 0 saturated carbocycles. The zero-order chi connectivity index (χ0) is 8.10. The molecule has 1 aliphatic heterocycles. The van der Waals surface area contributed by atoms with Crippen LogP contribution in [0.4, 0.5) is 0 Å². The highest BCUT2D eigenvalue weighted by molar-refractivity contribution is 4.65. The standard InChI is InChI=1S/C9H19NO/c1-3-4-9-5-6-10(2)7-8-11-9/h9H,3-8H2,1-2H3. The first-order valence-corrected chi connectivity index (χ1v) is 4.63. The van der Waals surface area contributed by atoms with E-state index in [1.54, 1.807) is 0 Å². The number of nitrogens with zero attached hydrogens (tertiary/aromatic N) is 1. The fraction of sp³-hybridized carbons (Fsp3) is 1.00. The van der Waals surface area contributed by atoms with Gasteiger partial charge in [0.2, 0.25) is 0 Å². The van der Waals surface area contributed by atoms with E-state index in [0.717, 1.165) is 13.2 Å². The van der Waals surface area contributed by atoms with E-state index in [2.05, 4.69) is 18.9 Å². The molecule has 66 valence electrons. The van der Waals surface area contributed by atoms with Crippen LogP contribution in [0.25, 0.3) is 0 Å². The van der Waals surface area contributed by atoms with Crippen molar-refractivity contribution < 1.29 is 4.74 Å². The van der Waals surface area contributed by atoms with Crippen molar-refractivity contribution in [2.24, 2.45) is 0 Å². The summed E-state index contributed by atoms with van der Waals surface area (Å²) in [6.07, 6.45) is 4.22. The molecule has 0 bridgehead atoms. The molecular formula is C9H19NO. The molecule has 2 nitrogen and oxygen atoms in total. The van der Waals surface area contributed by atoms with Gasteiger partial charge in [0.15, 0.2) is 0 Å². The van der Waals surface area contributed by atoms with Gasteiger partial charge in [0.1, 0.15) is 0 Å². The molecule has 0 aromatic rings. The van der Waals surface area contributed by atoms with Crippen LogP contribution >= 0.6 is 0 Å². The van der Waals surface area contributed by atoms with Gasteiger partial charge in [0.25, 0.3) is 0 Å². The second kappa shape index (κ2) is 4.73. The molecule has 0 amide bonds. The van der Waals surface area contributed by atoms with Gasteiger partial charge in [0.05, 0.1) is 12.7 Å². The molecule has 1 saturated heterocycles. The average molecular weight is 157 g/mol. The number of hydrogen-bond donors (Lipinski definition) is 0. The lowest BCUT2D eigenvalue weighted by Crippen LogP contribution is -2.20. The first kappa shape index (κ1) is 9.01. The smallest absolute Gasteiger partial charge is 0.0597 e. The van der Waals surface area contributed by atoms with E-state index in [4.69, 9.17) is 4.74 Å². The van der Waals surface area contributed by atoms with Crippen LogP contribution in [0.3, 0.4) is 0 Å². The van der Waals surface area contributed by atoms with E-state index in [1.807, 2.05) is 0 Å². The molecular weight excluding hydrogens is 138 g/mol. The van der Waals surface area contributed by atoms with Crippen LogP contribution in [-0.2, 0) is 4.74 Å². The Hall–Kier alpha value is -0.0800. The molecule has 1 aliphatic rings. The van der Waals surface area contributed by atoms with E-state index >= 15 is 0 Å². The van der Waals surface area contributed by atoms with E-state index in [1.165, 1.54) is 25.8 Å². The SMILES string of the molecule is CCCC1CCN(C)CCO1. The molecule has 1 atom stereocenters. The van der Waals surface area contributed by atoms with Crippen LogP contribution in [0.2, 0.25) is 0 Å². The van der Waals surface area contributed by atoms with Crippen LogP contribution in [0.1, 0.15) is 26.2 Å². The lowest BCUT2D eigenvalue weighted by atomic mass is 10.1. The lowest BCUT2D eigenvalue weighted by molar-refractivity contribution is 0.0565. The zero-order valence-corrected chi connectivity index (χ0v) is 7.68. The van der Waals surface area contributed by atoms with Crippen LogP contribution in [0.5, 0.6) is 0 Å². The summed E-state index contributed by atoms with van der Waals surface area (Å²) in [5.41, 5.74) is 0. The fourth-order valence-corrected chi connectivity index (χ4v) is 1.48. The van der Waals surface area contributed by atoms with E-state index in [-0.39, 0.29) is 0 Å². The second-order valence-corrected chi connectivity index (χ2v) is 3.37. The number of rotatable bonds is 2. The minimum atomic E-state index is 0.532. The van der Waals surface area contributed by atoms with Gasteiger partial charge in [0, 0.05) is 13.1 Å². The molecule has 0 aromatic carbocycles. The van der Waals surface area contributed by atoms with Crippen LogP contribution < -0.4 is 0 Å². The van der Waals surface area contributed by atoms with Crippen molar-refractivity contribution in [2.75, 3.05) is 26.7 Å². The zero-order valence-electron chi connectivity index (χ0n) is 7.68. The summed E-state index contributed by atoms with van der Waals surface area (Å²) in [7, 11) is 2.16. The Morgan fingerprint density at radius 2 is 2.27 bits per heavy atom. The van der Waals surface area contributed by atoms with Crippen LogP contribution in [0.15, 0.2) is 0 Å². The molecule has 1 unspecified atom stereocenters. The van der Waals surface area contributed by atoms with Crippen LogP contribution in [0, 0.1) is 0 Å². The topological polar surface area (TPSA) is 12.5 Å². The maximum atomic E-state index is 5.67. The van der Waals surface area contributed by atoms with Crippen molar-refractivity contribution in [3.8, 4) is 0 Å². The Morgan fingerprint density at radius 3 is 3.00 bits per heavy atom. The first-order valence-electron chi connectivity index (χ1n) is 4.63. The quantitative estimate of drug-likeness (QED) is 0.602. The Balaban J connectivity index is 2.22. The average Bonchev–Trinajstić information content (AvgIpc) is 2.17. The summed E-state index contributed by atoms with van der Waals surface area (Å²) in [4.78, 5) is 2.34. The third kappa shape index (κ3) is 3.21. The summed E-state index contributed by atoms with van der Waals surface area (Å²) in [5.74, 6) is 0. The highest BCUT2D eigenvalue weighted by Gasteiger charge is 2.13. The molecule has 11 heavy (non-hydrogen) atoms. The third-order valence-electron chi connectivity index (χ3n) is 2.27. The Labute approximate surface area is 69.5 Å². The predicted octanol–water partition coefficient (Wildman–Crippen LogP) is 1.51. The fourth-order valence-electron chi connectivity index (χ4n) is 1.48. The van der Waals surface area contributed by atoms with Gasteiger partial charge in [-0.25, -0.2) is 0 Å². The van der Waals surface area contributed by atoms with E-state index in [9.17, 15) is 0 Å². The molecule has 0 aliphatic carbocycles. The summed E-state index contributed by atoms with van der Waals surface area (Å²) in [5, 5.41) is 0. The number of likely N-dealkylation sites (N-methyl/N-ethyl adjacent to an activating group) is 1. The van der Waals surface area contributed by atoms with Gasteiger partial charge in [-0.3, -0.25) is 0 Å². The molecule has 2 heteroatoms. The van der Waals surface area contributed by atoms with Gasteiger partial charge in [-0.2, -0.15) is 0 Å².